The Morgan fingerprint density at radius 1 is 1.50 bits per heavy atom. The van der Waals surface area contributed by atoms with Crippen LogP contribution in [0.4, 0.5) is 0 Å². The summed E-state index contributed by atoms with van der Waals surface area (Å²) < 4.78 is 7.22. The Kier molecular flexibility index (Phi) is 5.49. The van der Waals surface area contributed by atoms with Crippen LogP contribution in [-0.4, -0.2) is 36.4 Å². The standard InChI is InChI=1S/C12H23N3O/c1-10(8-13-6-5-7-16-4)15-9-14-11(2)12(15)3/h9-10,13H,5-8H2,1-4H3. The van der Waals surface area contributed by atoms with Crippen LogP contribution >= 0.6 is 0 Å². The number of nitrogens with one attached hydrogen (secondary N) is 1. The Morgan fingerprint density at radius 3 is 2.81 bits per heavy atom. The fourth-order valence-electron chi connectivity index (χ4n) is 1.71. The van der Waals surface area contributed by atoms with E-state index in [0.717, 1.165) is 31.8 Å². The molecule has 0 amide bonds. The highest BCUT2D eigenvalue weighted by Gasteiger charge is 2.08. The van der Waals surface area contributed by atoms with Crippen molar-refractivity contribution >= 4 is 0 Å². The number of nitrogens with zero attached hydrogens (tertiary/aromatic N) is 2. The van der Waals surface area contributed by atoms with Crippen molar-refractivity contribution in [2.24, 2.45) is 0 Å². The molecule has 4 nitrogen and oxygen atoms in total. The zero-order chi connectivity index (χ0) is 12.0. The Hall–Kier alpha value is -0.870. The highest BCUT2D eigenvalue weighted by Crippen LogP contribution is 2.11. The second kappa shape index (κ2) is 6.66. The minimum absolute atomic E-state index is 0.448. The molecule has 1 rings (SSSR count). The molecule has 1 N–H and O–H groups in total. The third kappa shape index (κ3) is 3.61. The van der Waals surface area contributed by atoms with E-state index in [2.05, 4.69) is 28.7 Å². The van der Waals surface area contributed by atoms with Crippen LogP contribution in [0.2, 0.25) is 0 Å². The maximum Gasteiger partial charge on any atom is 0.0954 e. The molecule has 0 bridgehead atoms. The van der Waals surface area contributed by atoms with Crippen molar-refractivity contribution in [1.29, 1.82) is 0 Å². The molecular weight excluding hydrogens is 202 g/mol. The summed E-state index contributed by atoms with van der Waals surface area (Å²) in [7, 11) is 1.74. The normalized spacial score (nSPS) is 13.0. The van der Waals surface area contributed by atoms with Crippen molar-refractivity contribution in [3.8, 4) is 0 Å². The molecule has 1 heterocycles. The van der Waals surface area contributed by atoms with Crippen LogP contribution in [0.15, 0.2) is 6.33 Å². The van der Waals surface area contributed by atoms with E-state index < -0.39 is 0 Å². The number of aryl methyl sites for hydroxylation is 1. The van der Waals surface area contributed by atoms with Gasteiger partial charge >= 0.3 is 0 Å². The van der Waals surface area contributed by atoms with Gasteiger partial charge < -0.3 is 14.6 Å². The maximum absolute atomic E-state index is 5.00. The summed E-state index contributed by atoms with van der Waals surface area (Å²) in [6.07, 6.45) is 2.98. The van der Waals surface area contributed by atoms with Gasteiger partial charge in [0.1, 0.15) is 0 Å². The maximum atomic E-state index is 5.00. The molecule has 0 aromatic carbocycles. The van der Waals surface area contributed by atoms with Crippen molar-refractivity contribution in [3.05, 3.63) is 17.7 Å². The van der Waals surface area contributed by atoms with Crippen LogP contribution in [-0.2, 0) is 4.74 Å². The molecule has 0 aliphatic heterocycles. The van der Waals surface area contributed by atoms with Crippen molar-refractivity contribution in [2.75, 3.05) is 26.8 Å². The van der Waals surface area contributed by atoms with E-state index in [1.165, 1.54) is 5.69 Å². The fraction of sp³-hybridized carbons (Fsp3) is 0.750. The SMILES string of the molecule is COCCCNCC(C)n1cnc(C)c1C. The predicted octanol–water partition coefficient (Wildman–Crippen LogP) is 1.69. The number of ether oxygens (including phenoxy) is 1. The molecule has 4 heteroatoms. The van der Waals surface area contributed by atoms with Crippen LogP contribution in [0.3, 0.4) is 0 Å². The van der Waals surface area contributed by atoms with Crippen LogP contribution < -0.4 is 5.32 Å². The van der Waals surface area contributed by atoms with Gasteiger partial charge in [-0.1, -0.05) is 0 Å². The Morgan fingerprint density at radius 2 is 2.25 bits per heavy atom. The van der Waals surface area contributed by atoms with E-state index in [1.54, 1.807) is 7.11 Å². The van der Waals surface area contributed by atoms with Gasteiger partial charge in [0.05, 0.1) is 12.0 Å². The van der Waals surface area contributed by atoms with Crippen LogP contribution in [0.5, 0.6) is 0 Å². The monoisotopic (exact) mass is 225 g/mol. The first-order valence-electron chi connectivity index (χ1n) is 5.86. The number of rotatable bonds is 7. The van der Waals surface area contributed by atoms with E-state index in [9.17, 15) is 0 Å². The van der Waals surface area contributed by atoms with Gasteiger partial charge in [-0.2, -0.15) is 0 Å². The lowest BCUT2D eigenvalue weighted by Crippen LogP contribution is -2.25. The van der Waals surface area contributed by atoms with Crippen LogP contribution in [0, 0.1) is 13.8 Å². The fourth-order valence-corrected chi connectivity index (χ4v) is 1.71. The van der Waals surface area contributed by atoms with Crippen molar-refractivity contribution < 1.29 is 4.74 Å². The summed E-state index contributed by atoms with van der Waals surface area (Å²) in [5.74, 6) is 0. The van der Waals surface area contributed by atoms with Crippen LogP contribution in [0.1, 0.15) is 30.8 Å². The first kappa shape index (κ1) is 13.2. The van der Waals surface area contributed by atoms with Crippen molar-refractivity contribution in [2.45, 2.75) is 33.2 Å². The number of hydrogen-bond acceptors (Lipinski definition) is 3. The average Bonchev–Trinajstić information content (AvgIpc) is 2.59. The average molecular weight is 225 g/mol. The first-order chi connectivity index (χ1) is 7.66. The summed E-state index contributed by atoms with van der Waals surface area (Å²) in [6, 6.07) is 0.448. The molecule has 1 unspecified atom stereocenters. The summed E-state index contributed by atoms with van der Waals surface area (Å²) in [5, 5.41) is 3.43. The molecule has 92 valence electrons. The van der Waals surface area contributed by atoms with Gasteiger partial charge in [-0.3, -0.25) is 0 Å². The van der Waals surface area contributed by atoms with Crippen molar-refractivity contribution in [3.63, 3.8) is 0 Å². The number of methoxy groups -OCH3 is 1. The van der Waals surface area contributed by atoms with Gasteiger partial charge in [0.2, 0.25) is 0 Å². The molecule has 0 saturated carbocycles. The molecule has 0 saturated heterocycles. The van der Waals surface area contributed by atoms with E-state index in [4.69, 9.17) is 4.74 Å². The van der Waals surface area contributed by atoms with E-state index in [0.29, 0.717) is 6.04 Å². The third-order valence-corrected chi connectivity index (χ3v) is 2.90. The van der Waals surface area contributed by atoms with E-state index in [-0.39, 0.29) is 0 Å². The van der Waals surface area contributed by atoms with Crippen LogP contribution in [0.25, 0.3) is 0 Å². The lowest BCUT2D eigenvalue weighted by atomic mass is 10.3. The molecule has 0 spiro atoms. The van der Waals surface area contributed by atoms with E-state index in [1.807, 2.05) is 13.3 Å². The highest BCUT2D eigenvalue weighted by atomic mass is 16.5. The molecule has 0 aliphatic rings. The van der Waals surface area contributed by atoms with E-state index >= 15 is 0 Å². The molecule has 0 radical (unpaired) electrons. The third-order valence-electron chi connectivity index (χ3n) is 2.90. The summed E-state index contributed by atoms with van der Waals surface area (Å²) >= 11 is 0. The Labute approximate surface area is 98.0 Å². The molecule has 0 fully saturated rings. The van der Waals surface area contributed by atoms with Gasteiger partial charge in [0, 0.05) is 32.0 Å². The van der Waals surface area contributed by atoms with Gasteiger partial charge in [-0.05, 0) is 33.7 Å². The second-order valence-electron chi connectivity index (χ2n) is 4.22. The topological polar surface area (TPSA) is 39.1 Å². The second-order valence-corrected chi connectivity index (χ2v) is 4.22. The lowest BCUT2D eigenvalue weighted by Gasteiger charge is -2.16. The molecule has 0 aliphatic carbocycles. The molecule has 1 aromatic heterocycles. The Balaban J connectivity index is 2.30. The summed E-state index contributed by atoms with van der Waals surface area (Å²) in [4.78, 5) is 4.31. The van der Waals surface area contributed by atoms with Crippen molar-refractivity contribution in [1.82, 2.24) is 14.9 Å². The molecule has 1 atom stereocenters. The van der Waals surface area contributed by atoms with Gasteiger partial charge in [0.15, 0.2) is 0 Å². The number of hydrogen-bond donors (Lipinski definition) is 1. The molecule has 16 heavy (non-hydrogen) atoms. The lowest BCUT2D eigenvalue weighted by molar-refractivity contribution is 0.194. The number of imidazole rings is 1. The number of aromatic nitrogens is 2. The highest BCUT2D eigenvalue weighted by molar-refractivity contribution is 5.09. The largest absolute Gasteiger partial charge is 0.385 e. The first-order valence-corrected chi connectivity index (χ1v) is 5.86. The van der Waals surface area contributed by atoms with Gasteiger partial charge in [-0.25, -0.2) is 4.98 Å². The molecular formula is C12H23N3O. The minimum atomic E-state index is 0.448. The predicted molar refractivity (Wildman–Crippen MR) is 65.8 cm³/mol. The quantitative estimate of drug-likeness (QED) is 0.718. The minimum Gasteiger partial charge on any atom is -0.385 e. The van der Waals surface area contributed by atoms with Gasteiger partial charge in [-0.15, -0.1) is 0 Å². The molecule has 1 aromatic rings. The van der Waals surface area contributed by atoms with Gasteiger partial charge in [0.25, 0.3) is 0 Å². The summed E-state index contributed by atoms with van der Waals surface area (Å²) in [6.45, 7) is 9.17. The smallest absolute Gasteiger partial charge is 0.0954 e. The zero-order valence-electron chi connectivity index (χ0n) is 10.8. The Bertz CT molecular complexity index is 309. The summed E-state index contributed by atoms with van der Waals surface area (Å²) in [5.41, 5.74) is 2.37. The zero-order valence-corrected chi connectivity index (χ0v) is 10.8.